The molecule has 1 N–H and O–H groups in total. The predicted molar refractivity (Wildman–Crippen MR) is 69.0 cm³/mol. The van der Waals surface area contributed by atoms with E-state index in [0.717, 1.165) is 24.9 Å². The van der Waals surface area contributed by atoms with Crippen molar-refractivity contribution in [2.75, 3.05) is 5.32 Å². The third kappa shape index (κ3) is 1.92. The zero-order valence-corrected chi connectivity index (χ0v) is 10.4. The highest BCUT2D eigenvalue weighted by Gasteiger charge is 2.59. The van der Waals surface area contributed by atoms with Gasteiger partial charge in [-0.3, -0.25) is 4.79 Å². The molecule has 2 nitrogen and oxygen atoms in total. The lowest BCUT2D eigenvalue weighted by molar-refractivity contribution is -0.143. The Bertz CT molecular complexity index is 451. The molecule has 3 aliphatic rings. The van der Waals surface area contributed by atoms with Crippen molar-refractivity contribution >= 4 is 11.6 Å². The largest absolute Gasteiger partial charge is 0.326 e. The van der Waals surface area contributed by atoms with Crippen LogP contribution in [-0.2, 0) is 4.79 Å². The van der Waals surface area contributed by atoms with Crippen LogP contribution in [0.5, 0.6) is 0 Å². The van der Waals surface area contributed by atoms with E-state index in [0.29, 0.717) is 19.3 Å². The average molecular weight is 247 g/mol. The van der Waals surface area contributed by atoms with Gasteiger partial charge in [-0.15, -0.1) is 0 Å². The molecule has 18 heavy (non-hydrogen) atoms. The minimum absolute atomic E-state index is 0.00359. The zero-order chi connectivity index (χ0) is 12.6. The van der Waals surface area contributed by atoms with Crippen LogP contribution in [0.3, 0.4) is 0 Å². The Kier molecular flexibility index (Phi) is 2.65. The number of fused-ring (bicyclic) bond motifs is 3. The van der Waals surface area contributed by atoms with E-state index in [9.17, 15) is 9.18 Å². The second-order valence-electron chi connectivity index (χ2n) is 5.81. The van der Waals surface area contributed by atoms with E-state index in [1.807, 2.05) is 30.3 Å². The van der Waals surface area contributed by atoms with E-state index in [1.54, 1.807) is 0 Å². The molecular weight excluding hydrogens is 229 g/mol. The highest BCUT2D eigenvalue weighted by atomic mass is 19.1. The molecule has 3 heteroatoms. The molecule has 1 aromatic carbocycles. The first kappa shape index (κ1) is 11.7. The Morgan fingerprint density at radius 2 is 1.78 bits per heavy atom. The van der Waals surface area contributed by atoms with Gasteiger partial charge in [-0.25, -0.2) is 4.39 Å². The van der Waals surface area contributed by atoms with E-state index in [-0.39, 0.29) is 5.91 Å². The minimum atomic E-state index is -1.06. The van der Waals surface area contributed by atoms with Gasteiger partial charge in [0.1, 0.15) is 5.67 Å². The summed E-state index contributed by atoms with van der Waals surface area (Å²) in [5, 5.41) is 2.93. The molecule has 1 amide bonds. The highest BCUT2D eigenvalue weighted by Crippen LogP contribution is 2.58. The van der Waals surface area contributed by atoms with Gasteiger partial charge in [0.25, 0.3) is 0 Å². The summed E-state index contributed by atoms with van der Waals surface area (Å²) in [4.78, 5) is 12.3. The van der Waals surface area contributed by atoms with Crippen LogP contribution in [0.2, 0.25) is 0 Å². The Balaban J connectivity index is 1.73. The van der Waals surface area contributed by atoms with Crippen LogP contribution in [0.4, 0.5) is 10.1 Å². The van der Waals surface area contributed by atoms with E-state index < -0.39 is 11.1 Å². The van der Waals surface area contributed by atoms with Gasteiger partial charge in [0.05, 0.1) is 5.41 Å². The lowest BCUT2D eigenvalue weighted by Gasteiger charge is -2.48. The fraction of sp³-hybridized carbons (Fsp3) is 0.533. The van der Waals surface area contributed by atoms with Crippen molar-refractivity contribution in [2.24, 2.45) is 5.41 Å². The first-order valence-corrected chi connectivity index (χ1v) is 6.68. The van der Waals surface area contributed by atoms with E-state index in [1.165, 1.54) is 0 Å². The molecule has 0 unspecified atom stereocenters. The molecule has 3 saturated carbocycles. The third-order valence-electron chi connectivity index (χ3n) is 4.35. The van der Waals surface area contributed by atoms with Crippen molar-refractivity contribution in [1.29, 1.82) is 0 Å². The Morgan fingerprint density at radius 3 is 2.50 bits per heavy atom. The van der Waals surface area contributed by atoms with Crippen LogP contribution in [0.15, 0.2) is 30.3 Å². The molecule has 4 rings (SSSR count). The number of carbonyl (C=O) groups is 1. The van der Waals surface area contributed by atoms with Crippen molar-refractivity contribution in [3.63, 3.8) is 0 Å². The van der Waals surface area contributed by atoms with E-state index >= 15 is 0 Å². The summed E-state index contributed by atoms with van der Waals surface area (Å²) in [5.41, 5.74) is -0.705. The smallest absolute Gasteiger partial charge is 0.230 e. The van der Waals surface area contributed by atoms with Gasteiger partial charge in [0, 0.05) is 5.69 Å². The number of alkyl halides is 1. The van der Waals surface area contributed by atoms with Crippen molar-refractivity contribution in [2.45, 2.75) is 44.2 Å². The topological polar surface area (TPSA) is 29.1 Å². The molecule has 0 aliphatic heterocycles. The van der Waals surface area contributed by atoms with Crippen molar-refractivity contribution < 1.29 is 9.18 Å². The van der Waals surface area contributed by atoms with E-state index in [4.69, 9.17) is 0 Å². The maximum Gasteiger partial charge on any atom is 0.230 e. The number of hydrogen-bond acceptors (Lipinski definition) is 1. The fourth-order valence-electron chi connectivity index (χ4n) is 3.48. The number of carbonyl (C=O) groups excluding carboxylic acids is 1. The quantitative estimate of drug-likeness (QED) is 0.848. The maximum atomic E-state index is 14.2. The standard InChI is InChI=1S/C15H18FNO/c16-15-9-5-4-8-14(10-15,11-15)13(18)17-12-6-2-1-3-7-12/h1-3,6-7H,4-5,8-11H2,(H,17,18). The number of amides is 1. The summed E-state index contributed by atoms with van der Waals surface area (Å²) in [6.45, 7) is 0. The molecule has 0 atom stereocenters. The van der Waals surface area contributed by atoms with Crippen LogP contribution >= 0.6 is 0 Å². The molecule has 3 aliphatic carbocycles. The number of hydrogen-bond donors (Lipinski definition) is 1. The van der Waals surface area contributed by atoms with Crippen molar-refractivity contribution in [3.8, 4) is 0 Å². The molecule has 96 valence electrons. The maximum absolute atomic E-state index is 14.2. The number of nitrogens with one attached hydrogen (secondary N) is 1. The Hall–Kier alpha value is -1.38. The molecule has 0 radical (unpaired) electrons. The first-order valence-electron chi connectivity index (χ1n) is 6.68. The summed E-state index contributed by atoms with van der Waals surface area (Å²) in [6.07, 6.45) is 4.17. The number of halogens is 1. The van der Waals surface area contributed by atoms with Gasteiger partial charge in [0.15, 0.2) is 0 Å². The zero-order valence-electron chi connectivity index (χ0n) is 10.4. The SMILES string of the molecule is O=C(Nc1ccccc1)C12CCCCC(F)(C1)C2. The molecule has 0 spiro atoms. The Labute approximate surface area is 107 Å². The van der Waals surface area contributed by atoms with E-state index in [2.05, 4.69) is 5.32 Å². The van der Waals surface area contributed by atoms with Gasteiger partial charge in [0.2, 0.25) is 5.91 Å². The fourth-order valence-corrected chi connectivity index (χ4v) is 3.48. The number of rotatable bonds is 2. The molecule has 2 bridgehead atoms. The van der Waals surface area contributed by atoms with Gasteiger partial charge in [-0.1, -0.05) is 31.0 Å². The molecule has 0 aromatic heterocycles. The predicted octanol–water partition coefficient (Wildman–Crippen LogP) is 3.69. The second kappa shape index (κ2) is 4.08. The van der Waals surface area contributed by atoms with Crippen LogP contribution in [0.1, 0.15) is 38.5 Å². The minimum Gasteiger partial charge on any atom is -0.326 e. The summed E-state index contributed by atoms with van der Waals surface area (Å²) in [6, 6.07) is 9.43. The number of para-hydroxylation sites is 1. The van der Waals surface area contributed by atoms with Crippen LogP contribution in [0, 0.1) is 5.41 Å². The van der Waals surface area contributed by atoms with Gasteiger partial charge in [-0.05, 0) is 37.8 Å². The van der Waals surface area contributed by atoms with Crippen molar-refractivity contribution in [3.05, 3.63) is 30.3 Å². The highest BCUT2D eigenvalue weighted by molar-refractivity contribution is 5.96. The van der Waals surface area contributed by atoms with Crippen LogP contribution < -0.4 is 5.32 Å². The number of benzene rings is 1. The molecule has 1 aromatic rings. The van der Waals surface area contributed by atoms with Crippen LogP contribution in [-0.4, -0.2) is 11.6 Å². The Morgan fingerprint density at radius 1 is 1.11 bits per heavy atom. The van der Waals surface area contributed by atoms with Gasteiger partial charge in [-0.2, -0.15) is 0 Å². The summed E-state index contributed by atoms with van der Waals surface area (Å²) >= 11 is 0. The monoisotopic (exact) mass is 247 g/mol. The lowest BCUT2D eigenvalue weighted by atomic mass is 9.58. The third-order valence-corrected chi connectivity index (χ3v) is 4.35. The molecule has 0 saturated heterocycles. The summed E-state index contributed by atoms with van der Waals surface area (Å²) in [5.74, 6) is 0.00359. The molecule has 3 fully saturated rings. The average Bonchev–Trinajstić information content (AvgIpc) is 2.60. The van der Waals surface area contributed by atoms with Gasteiger partial charge < -0.3 is 5.32 Å². The summed E-state index contributed by atoms with van der Waals surface area (Å²) in [7, 11) is 0. The van der Waals surface area contributed by atoms with Gasteiger partial charge >= 0.3 is 0 Å². The van der Waals surface area contributed by atoms with Crippen LogP contribution in [0.25, 0.3) is 0 Å². The second-order valence-corrected chi connectivity index (χ2v) is 5.81. The molecular formula is C15H18FNO. The van der Waals surface area contributed by atoms with Crippen molar-refractivity contribution in [1.82, 2.24) is 0 Å². The lowest BCUT2D eigenvalue weighted by Crippen LogP contribution is -2.53. The summed E-state index contributed by atoms with van der Waals surface area (Å²) < 4.78 is 14.2. The number of anilines is 1. The normalized spacial score (nSPS) is 34.3. The molecule has 0 heterocycles. The first-order chi connectivity index (χ1) is 8.62.